The van der Waals surface area contributed by atoms with E-state index in [4.69, 9.17) is 5.10 Å². The number of nitrogens with zero attached hydrogens (tertiary/aromatic N) is 2. The topological polar surface area (TPSA) is 29.9 Å². The second-order valence-corrected chi connectivity index (χ2v) is 6.57. The van der Waals surface area contributed by atoms with Crippen molar-refractivity contribution in [2.24, 2.45) is 5.92 Å². The molecule has 0 saturated heterocycles. The molecule has 2 aliphatic rings. The van der Waals surface area contributed by atoms with Crippen molar-refractivity contribution in [3.05, 3.63) is 18.0 Å². The molecule has 19 heavy (non-hydrogen) atoms. The lowest BCUT2D eigenvalue weighted by Crippen LogP contribution is -2.38. The summed E-state index contributed by atoms with van der Waals surface area (Å²) in [4.78, 5) is 0. The minimum Gasteiger partial charge on any atom is -0.314 e. The first-order valence-electron chi connectivity index (χ1n) is 8.08. The zero-order valence-electron chi connectivity index (χ0n) is 12.1. The average molecular weight is 261 g/mol. The Balaban J connectivity index is 1.45. The van der Waals surface area contributed by atoms with Crippen LogP contribution in [0.4, 0.5) is 0 Å². The lowest BCUT2D eigenvalue weighted by atomic mass is 9.92. The molecule has 0 radical (unpaired) electrons. The summed E-state index contributed by atoms with van der Waals surface area (Å²) in [6, 6.07) is 3.70. The number of aromatic nitrogens is 2. The van der Waals surface area contributed by atoms with Crippen molar-refractivity contribution in [1.82, 2.24) is 15.1 Å². The van der Waals surface area contributed by atoms with E-state index in [0.717, 1.165) is 19.0 Å². The third-order valence-electron chi connectivity index (χ3n) is 4.78. The number of hydrogen-bond acceptors (Lipinski definition) is 2. The molecule has 1 aromatic heterocycles. The molecule has 1 unspecified atom stereocenters. The van der Waals surface area contributed by atoms with Gasteiger partial charge in [0.2, 0.25) is 0 Å². The first-order valence-corrected chi connectivity index (χ1v) is 8.08. The second kappa shape index (κ2) is 6.08. The third-order valence-corrected chi connectivity index (χ3v) is 4.78. The fourth-order valence-electron chi connectivity index (χ4n) is 3.27. The molecule has 1 aromatic rings. The molecule has 2 aliphatic carbocycles. The van der Waals surface area contributed by atoms with Gasteiger partial charge in [0.1, 0.15) is 0 Å². The molecule has 1 N–H and O–H groups in total. The minimum atomic E-state index is 0.678. The first-order chi connectivity index (χ1) is 9.31. The Bertz CT molecular complexity index is 388. The maximum atomic E-state index is 4.78. The van der Waals surface area contributed by atoms with Crippen molar-refractivity contribution in [1.29, 1.82) is 0 Å². The zero-order chi connectivity index (χ0) is 13.1. The molecule has 1 heterocycles. The molecule has 2 fully saturated rings. The largest absolute Gasteiger partial charge is 0.314 e. The molecule has 2 saturated carbocycles. The van der Waals surface area contributed by atoms with Gasteiger partial charge in [-0.05, 0) is 50.6 Å². The molecule has 0 aromatic carbocycles. The Labute approximate surface area is 116 Å². The predicted octanol–water partition coefficient (Wildman–Crippen LogP) is 3.32. The van der Waals surface area contributed by atoms with E-state index in [9.17, 15) is 0 Å². The van der Waals surface area contributed by atoms with Gasteiger partial charge in [0, 0.05) is 12.2 Å². The molecule has 3 nitrogen and oxygen atoms in total. The summed E-state index contributed by atoms with van der Waals surface area (Å²) >= 11 is 0. The summed E-state index contributed by atoms with van der Waals surface area (Å²) in [5.41, 5.74) is 1.27. The van der Waals surface area contributed by atoms with E-state index in [2.05, 4.69) is 29.2 Å². The summed E-state index contributed by atoms with van der Waals surface area (Å²) in [7, 11) is 0. The highest BCUT2D eigenvalue weighted by molar-refractivity contribution is 5.01. The third kappa shape index (κ3) is 3.38. The van der Waals surface area contributed by atoms with Crippen molar-refractivity contribution >= 4 is 0 Å². The van der Waals surface area contributed by atoms with Crippen LogP contribution in [0.15, 0.2) is 12.3 Å². The lowest BCUT2D eigenvalue weighted by Gasteiger charge is -2.27. The standard InChI is InChI=1S/C16H27N3/c1-13(12-17-14-5-4-6-14)11-15-9-10-19(18-15)16-7-2-3-8-16/h9-10,13-14,16-17H,2-8,11-12H2,1H3. The van der Waals surface area contributed by atoms with E-state index < -0.39 is 0 Å². The average Bonchev–Trinajstić information content (AvgIpc) is 2.96. The van der Waals surface area contributed by atoms with E-state index in [-0.39, 0.29) is 0 Å². The fraction of sp³-hybridized carbons (Fsp3) is 0.812. The van der Waals surface area contributed by atoms with Gasteiger partial charge in [0.05, 0.1) is 11.7 Å². The minimum absolute atomic E-state index is 0.678. The van der Waals surface area contributed by atoms with Crippen molar-refractivity contribution in [3.8, 4) is 0 Å². The second-order valence-electron chi connectivity index (χ2n) is 6.57. The Morgan fingerprint density at radius 3 is 2.74 bits per heavy atom. The monoisotopic (exact) mass is 261 g/mol. The fourth-order valence-corrected chi connectivity index (χ4v) is 3.27. The maximum Gasteiger partial charge on any atom is 0.0627 e. The van der Waals surface area contributed by atoms with Gasteiger partial charge in [0.15, 0.2) is 0 Å². The lowest BCUT2D eigenvalue weighted by molar-refractivity contribution is 0.319. The van der Waals surface area contributed by atoms with Crippen LogP contribution in [0.3, 0.4) is 0 Å². The van der Waals surface area contributed by atoms with Gasteiger partial charge in [-0.2, -0.15) is 5.10 Å². The van der Waals surface area contributed by atoms with Crippen molar-refractivity contribution < 1.29 is 0 Å². The summed E-state index contributed by atoms with van der Waals surface area (Å²) < 4.78 is 2.22. The summed E-state index contributed by atoms with van der Waals surface area (Å²) in [6.45, 7) is 3.47. The van der Waals surface area contributed by atoms with Gasteiger partial charge >= 0.3 is 0 Å². The number of hydrogen-bond donors (Lipinski definition) is 1. The molecule has 106 valence electrons. The van der Waals surface area contributed by atoms with Crippen LogP contribution in [0.1, 0.15) is 63.6 Å². The molecule has 3 rings (SSSR count). The normalized spacial score (nSPS) is 22.6. The van der Waals surface area contributed by atoms with Crippen LogP contribution < -0.4 is 5.32 Å². The van der Waals surface area contributed by atoms with Crippen LogP contribution in [0, 0.1) is 5.92 Å². The molecular formula is C16H27N3. The molecular weight excluding hydrogens is 234 g/mol. The molecule has 1 atom stereocenters. The van der Waals surface area contributed by atoms with Gasteiger partial charge in [-0.1, -0.05) is 26.2 Å². The van der Waals surface area contributed by atoms with Crippen molar-refractivity contribution in [3.63, 3.8) is 0 Å². The van der Waals surface area contributed by atoms with Gasteiger partial charge in [0.25, 0.3) is 0 Å². The van der Waals surface area contributed by atoms with Crippen LogP contribution in [0.5, 0.6) is 0 Å². The Morgan fingerprint density at radius 1 is 1.26 bits per heavy atom. The van der Waals surface area contributed by atoms with Crippen molar-refractivity contribution in [2.75, 3.05) is 6.54 Å². The van der Waals surface area contributed by atoms with E-state index >= 15 is 0 Å². The zero-order valence-corrected chi connectivity index (χ0v) is 12.1. The van der Waals surface area contributed by atoms with Crippen LogP contribution >= 0.6 is 0 Å². The number of rotatable bonds is 6. The van der Waals surface area contributed by atoms with Crippen LogP contribution in [-0.4, -0.2) is 22.4 Å². The van der Waals surface area contributed by atoms with Crippen LogP contribution in [0.2, 0.25) is 0 Å². The van der Waals surface area contributed by atoms with Gasteiger partial charge < -0.3 is 5.32 Å². The van der Waals surface area contributed by atoms with Gasteiger partial charge in [-0.3, -0.25) is 4.68 Å². The Morgan fingerprint density at radius 2 is 2.05 bits per heavy atom. The summed E-state index contributed by atoms with van der Waals surface area (Å²) in [5, 5.41) is 8.45. The quantitative estimate of drug-likeness (QED) is 0.851. The number of nitrogens with one attached hydrogen (secondary N) is 1. The summed E-state index contributed by atoms with van der Waals surface area (Å²) in [6.07, 6.45) is 12.9. The highest BCUT2D eigenvalue weighted by atomic mass is 15.3. The molecule has 3 heteroatoms. The Hall–Kier alpha value is -0.830. The molecule has 0 spiro atoms. The van der Waals surface area contributed by atoms with Crippen LogP contribution in [-0.2, 0) is 6.42 Å². The Kier molecular flexibility index (Phi) is 4.21. The van der Waals surface area contributed by atoms with E-state index in [1.165, 1.54) is 50.6 Å². The van der Waals surface area contributed by atoms with E-state index in [1.807, 2.05) is 0 Å². The molecule has 0 aliphatic heterocycles. The SMILES string of the molecule is CC(CNC1CCC1)Cc1ccn(C2CCCC2)n1. The van der Waals surface area contributed by atoms with Crippen molar-refractivity contribution in [2.45, 2.75) is 70.4 Å². The predicted molar refractivity (Wildman–Crippen MR) is 78.2 cm³/mol. The van der Waals surface area contributed by atoms with E-state index in [1.54, 1.807) is 0 Å². The van der Waals surface area contributed by atoms with Crippen LogP contribution in [0.25, 0.3) is 0 Å². The van der Waals surface area contributed by atoms with E-state index in [0.29, 0.717) is 12.0 Å². The molecule has 0 amide bonds. The highest BCUT2D eigenvalue weighted by Gasteiger charge is 2.19. The first kappa shape index (κ1) is 13.2. The summed E-state index contributed by atoms with van der Waals surface area (Å²) in [5.74, 6) is 0.688. The molecule has 0 bridgehead atoms. The smallest absolute Gasteiger partial charge is 0.0627 e. The van der Waals surface area contributed by atoms with Gasteiger partial charge in [-0.25, -0.2) is 0 Å². The maximum absolute atomic E-state index is 4.78. The van der Waals surface area contributed by atoms with Gasteiger partial charge in [-0.15, -0.1) is 0 Å². The highest BCUT2D eigenvalue weighted by Crippen LogP contribution is 2.28.